The van der Waals surface area contributed by atoms with Crippen molar-refractivity contribution in [3.8, 4) is 11.5 Å². The van der Waals surface area contributed by atoms with Gasteiger partial charge < -0.3 is 14.6 Å². The van der Waals surface area contributed by atoms with Crippen molar-refractivity contribution < 1.29 is 23.8 Å². The van der Waals surface area contributed by atoms with E-state index in [1.807, 2.05) is 0 Å². The zero-order chi connectivity index (χ0) is 20.1. The number of halogens is 1. The lowest BCUT2D eigenvalue weighted by atomic mass is 10.1. The molecule has 0 amide bonds. The number of hydrogen-bond donors (Lipinski definition) is 1. The summed E-state index contributed by atoms with van der Waals surface area (Å²) in [7, 11) is 1.51. The summed E-state index contributed by atoms with van der Waals surface area (Å²) in [5.74, 6) is 0.652. The standard InChI is InChI=1S/C22H26FNO4/c1-15(25)17-5-10-21(22(11-17)27-2)28-14-20(26)13-24(19-8-9-19)12-16-3-6-18(23)7-4-16/h3-7,10-11,19-20,26H,8-9,12-14H2,1-2H3. The van der Waals surface area contributed by atoms with Crippen LogP contribution in [0.25, 0.3) is 0 Å². The Kier molecular flexibility index (Phi) is 6.65. The fourth-order valence-corrected chi connectivity index (χ4v) is 3.12. The Bertz CT molecular complexity index is 805. The fourth-order valence-electron chi connectivity index (χ4n) is 3.12. The van der Waals surface area contributed by atoms with Crippen LogP contribution in [0.3, 0.4) is 0 Å². The Morgan fingerprint density at radius 3 is 2.54 bits per heavy atom. The van der Waals surface area contributed by atoms with Crippen LogP contribution >= 0.6 is 0 Å². The zero-order valence-corrected chi connectivity index (χ0v) is 16.2. The second kappa shape index (κ2) is 9.17. The van der Waals surface area contributed by atoms with Crippen LogP contribution in [0.2, 0.25) is 0 Å². The molecule has 0 heterocycles. The molecule has 2 aromatic rings. The highest BCUT2D eigenvalue weighted by Gasteiger charge is 2.30. The van der Waals surface area contributed by atoms with E-state index in [2.05, 4.69) is 4.90 Å². The second-order valence-electron chi connectivity index (χ2n) is 7.17. The highest BCUT2D eigenvalue weighted by molar-refractivity contribution is 5.94. The fraction of sp³-hybridized carbons (Fsp3) is 0.409. The zero-order valence-electron chi connectivity index (χ0n) is 16.2. The Morgan fingerprint density at radius 2 is 1.93 bits per heavy atom. The molecule has 1 fully saturated rings. The average Bonchev–Trinajstić information content (AvgIpc) is 3.52. The number of carbonyl (C=O) groups excluding carboxylic acids is 1. The summed E-state index contributed by atoms with van der Waals surface area (Å²) < 4.78 is 24.1. The number of rotatable bonds is 10. The van der Waals surface area contributed by atoms with Crippen molar-refractivity contribution in [2.45, 2.75) is 38.5 Å². The minimum atomic E-state index is -0.682. The van der Waals surface area contributed by atoms with E-state index in [4.69, 9.17) is 9.47 Å². The molecule has 1 saturated carbocycles. The maximum atomic E-state index is 13.1. The van der Waals surface area contributed by atoms with Gasteiger partial charge in [0.05, 0.1) is 7.11 Å². The summed E-state index contributed by atoms with van der Waals surface area (Å²) >= 11 is 0. The molecule has 1 N–H and O–H groups in total. The Balaban J connectivity index is 1.57. The molecule has 6 heteroatoms. The van der Waals surface area contributed by atoms with Gasteiger partial charge in [0, 0.05) is 24.7 Å². The number of aliphatic hydroxyl groups excluding tert-OH is 1. The molecule has 0 aromatic heterocycles. The maximum absolute atomic E-state index is 13.1. The summed E-state index contributed by atoms with van der Waals surface area (Å²) in [6.45, 7) is 2.74. The number of ether oxygens (including phenoxy) is 2. The van der Waals surface area contributed by atoms with Crippen LogP contribution in [0.15, 0.2) is 42.5 Å². The first-order valence-electron chi connectivity index (χ1n) is 9.44. The van der Waals surface area contributed by atoms with Crippen molar-refractivity contribution >= 4 is 5.78 Å². The molecule has 2 aromatic carbocycles. The van der Waals surface area contributed by atoms with Crippen LogP contribution in [-0.2, 0) is 6.54 Å². The number of methoxy groups -OCH3 is 1. The van der Waals surface area contributed by atoms with Gasteiger partial charge in [-0.2, -0.15) is 0 Å². The smallest absolute Gasteiger partial charge is 0.161 e. The number of benzene rings is 2. The van der Waals surface area contributed by atoms with Crippen molar-refractivity contribution in [3.63, 3.8) is 0 Å². The molecule has 0 aliphatic heterocycles. The quantitative estimate of drug-likeness (QED) is 0.633. The lowest BCUT2D eigenvalue weighted by Gasteiger charge is -2.25. The third-order valence-electron chi connectivity index (χ3n) is 4.81. The molecule has 150 valence electrons. The molecule has 3 rings (SSSR count). The predicted octanol–water partition coefficient (Wildman–Crippen LogP) is 3.44. The van der Waals surface area contributed by atoms with Gasteiger partial charge in [0.25, 0.3) is 0 Å². The van der Waals surface area contributed by atoms with E-state index in [0.717, 1.165) is 18.4 Å². The molecule has 28 heavy (non-hydrogen) atoms. The summed E-state index contributed by atoms with van der Waals surface area (Å²) in [5.41, 5.74) is 1.56. The van der Waals surface area contributed by atoms with Crippen LogP contribution in [0.1, 0.15) is 35.7 Å². The normalized spacial score (nSPS) is 14.8. The minimum absolute atomic E-state index is 0.0502. The molecule has 0 bridgehead atoms. The first kappa shape index (κ1) is 20.3. The van der Waals surface area contributed by atoms with Crippen molar-refractivity contribution in [2.24, 2.45) is 0 Å². The van der Waals surface area contributed by atoms with Crippen molar-refractivity contribution in [2.75, 3.05) is 20.3 Å². The second-order valence-corrected chi connectivity index (χ2v) is 7.17. The Morgan fingerprint density at radius 1 is 1.21 bits per heavy atom. The first-order valence-corrected chi connectivity index (χ1v) is 9.44. The van der Waals surface area contributed by atoms with E-state index < -0.39 is 6.10 Å². The molecular formula is C22H26FNO4. The Labute approximate surface area is 164 Å². The highest BCUT2D eigenvalue weighted by Crippen LogP contribution is 2.30. The maximum Gasteiger partial charge on any atom is 0.161 e. The van der Waals surface area contributed by atoms with Gasteiger partial charge in [-0.1, -0.05) is 12.1 Å². The van der Waals surface area contributed by atoms with E-state index in [9.17, 15) is 14.3 Å². The van der Waals surface area contributed by atoms with Gasteiger partial charge in [0.15, 0.2) is 17.3 Å². The molecule has 1 atom stereocenters. The van der Waals surface area contributed by atoms with Crippen molar-refractivity contribution in [3.05, 3.63) is 59.4 Å². The van der Waals surface area contributed by atoms with E-state index in [1.54, 1.807) is 30.3 Å². The topological polar surface area (TPSA) is 59.0 Å². The molecule has 0 radical (unpaired) electrons. The van der Waals surface area contributed by atoms with E-state index in [1.165, 1.54) is 26.2 Å². The summed E-state index contributed by atoms with van der Waals surface area (Å²) in [5, 5.41) is 10.5. The Hall–Kier alpha value is -2.44. The molecule has 0 saturated heterocycles. The molecule has 0 spiro atoms. The number of nitrogens with zero attached hydrogens (tertiary/aromatic N) is 1. The van der Waals surface area contributed by atoms with Gasteiger partial charge in [-0.15, -0.1) is 0 Å². The van der Waals surface area contributed by atoms with Gasteiger partial charge in [0.2, 0.25) is 0 Å². The first-order chi connectivity index (χ1) is 13.5. The van der Waals surface area contributed by atoms with E-state index in [-0.39, 0.29) is 18.2 Å². The molecule has 1 aliphatic carbocycles. The van der Waals surface area contributed by atoms with Crippen LogP contribution in [0.4, 0.5) is 4.39 Å². The van der Waals surface area contributed by atoms with Crippen LogP contribution < -0.4 is 9.47 Å². The number of aliphatic hydroxyl groups is 1. The predicted molar refractivity (Wildman–Crippen MR) is 104 cm³/mol. The summed E-state index contributed by atoms with van der Waals surface area (Å²) in [6.07, 6.45) is 1.53. The van der Waals surface area contributed by atoms with Gasteiger partial charge in [-0.05, 0) is 55.7 Å². The van der Waals surface area contributed by atoms with Gasteiger partial charge >= 0.3 is 0 Å². The summed E-state index contributed by atoms with van der Waals surface area (Å²) in [6, 6.07) is 11.9. The van der Waals surface area contributed by atoms with E-state index >= 15 is 0 Å². The van der Waals surface area contributed by atoms with Gasteiger partial charge in [0.1, 0.15) is 18.5 Å². The minimum Gasteiger partial charge on any atom is -0.493 e. The molecule has 1 aliphatic rings. The van der Waals surface area contributed by atoms with Crippen LogP contribution in [0.5, 0.6) is 11.5 Å². The highest BCUT2D eigenvalue weighted by atomic mass is 19.1. The lowest BCUT2D eigenvalue weighted by molar-refractivity contribution is 0.0617. The summed E-state index contributed by atoms with van der Waals surface area (Å²) in [4.78, 5) is 13.7. The van der Waals surface area contributed by atoms with Gasteiger partial charge in [-0.25, -0.2) is 4.39 Å². The molecular weight excluding hydrogens is 361 g/mol. The number of Topliss-reactive ketones (excluding diaryl/α,β-unsaturated/α-hetero) is 1. The molecule has 5 nitrogen and oxygen atoms in total. The van der Waals surface area contributed by atoms with E-state index in [0.29, 0.717) is 36.2 Å². The van der Waals surface area contributed by atoms with Crippen LogP contribution in [0, 0.1) is 5.82 Å². The SMILES string of the molecule is COc1cc(C(C)=O)ccc1OCC(O)CN(Cc1ccc(F)cc1)C1CC1. The van der Waals surface area contributed by atoms with Gasteiger partial charge in [-0.3, -0.25) is 9.69 Å². The van der Waals surface area contributed by atoms with Crippen molar-refractivity contribution in [1.82, 2.24) is 4.90 Å². The van der Waals surface area contributed by atoms with Crippen molar-refractivity contribution in [1.29, 1.82) is 0 Å². The third-order valence-corrected chi connectivity index (χ3v) is 4.81. The third kappa shape index (κ3) is 5.53. The monoisotopic (exact) mass is 387 g/mol. The largest absolute Gasteiger partial charge is 0.493 e. The van der Waals surface area contributed by atoms with Crippen LogP contribution in [-0.4, -0.2) is 48.2 Å². The number of carbonyl (C=O) groups is 1. The number of hydrogen-bond acceptors (Lipinski definition) is 5. The lowest BCUT2D eigenvalue weighted by Crippen LogP contribution is -2.36. The molecule has 1 unspecified atom stereocenters. The number of ketones is 1. The average molecular weight is 387 g/mol.